The molecule has 0 aromatic carbocycles. The van der Waals surface area contributed by atoms with Crippen LogP contribution in [0.4, 0.5) is 5.82 Å². The number of nitrogens with zero attached hydrogens (tertiary/aromatic N) is 2. The lowest BCUT2D eigenvalue weighted by Crippen LogP contribution is -2.36. The second-order valence-electron chi connectivity index (χ2n) is 3.93. The first-order valence-electron chi connectivity index (χ1n) is 5.33. The first-order chi connectivity index (χ1) is 7.72. The van der Waals surface area contributed by atoms with E-state index >= 15 is 0 Å². The molecule has 0 radical (unpaired) electrons. The Labute approximate surface area is 93.8 Å². The summed E-state index contributed by atoms with van der Waals surface area (Å²) in [5, 5.41) is 6.39. The van der Waals surface area contributed by atoms with E-state index < -0.39 is 0 Å². The van der Waals surface area contributed by atoms with Gasteiger partial charge in [0.25, 0.3) is 5.91 Å². The van der Waals surface area contributed by atoms with Gasteiger partial charge in [0.05, 0.1) is 6.61 Å². The van der Waals surface area contributed by atoms with Crippen molar-refractivity contribution in [1.29, 1.82) is 0 Å². The molecule has 88 valence electrons. The lowest BCUT2D eigenvalue weighted by Gasteiger charge is -2.20. The highest BCUT2D eigenvalue weighted by atomic mass is 16.5. The molecule has 1 saturated carbocycles. The fourth-order valence-corrected chi connectivity index (χ4v) is 1.63. The number of aromatic nitrogens is 2. The third kappa shape index (κ3) is 2.33. The summed E-state index contributed by atoms with van der Waals surface area (Å²) in [7, 11) is 1.63. The largest absolute Gasteiger partial charge is 0.383 e. The molecule has 1 aromatic heterocycles. The van der Waals surface area contributed by atoms with Crippen LogP contribution < -0.4 is 5.73 Å². The SMILES string of the molecule is COCCN(C(=O)c1cc(N)n[nH]1)C1CC1. The maximum atomic E-state index is 12.1. The van der Waals surface area contributed by atoms with E-state index in [9.17, 15) is 4.79 Å². The average Bonchev–Trinajstić information content (AvgIpc) is 3.01. The Morgan fingerprint density at radius 2 is 2.50 bits per heavy atom. The molecule has 1 heterocycles. The average molecular weight is 224 g/mol. The molecule has 1 fully saturated rings. The van der Waals surface area contributed by atoms with Crippen LogP contribution in [0, 0.1) is 0 Å². The molecule has 0 spiro atoms. The molecular weight excluding hydrogens is 208 g/mol. The molecule has 1 aromatic rings. The fourth-order valence-electron chi connectivity index (χ4n) is 1.63. The van der Waals surface area contributed by atoms with Gasteiger partial charge in [0.15, 0.2) is 0 Å². The molecule has 6 heteroatoms. The number of carbonyl (C=O) groups excluding carboxylic acids is 1. The van der Waals surface area contributed by atoms with Crippen LogP contribution in [0.25, 0.3) is 0 Å². The number of ether oxygens (including phenoxy) is 1. The predicted molar refractivity (Wildman–Crippen MR) is 58.9 cm³/mol. The van der Waals surface area contributed by atoms with Crippen molar-refractivity contribution in [3.05, 3.63) is 11.8 Å². The quantitative estimate of drug-likeness (QED) is 0.750. The van der Waals surface area contributed by atoms with Crippen molar-refractivity contribution < 1.29 is 9.53 Å². The van der Waals surface area contributed by atoms with Gasteiger partial charge >= 0.3 is 0 Å². The summed E-state index contributed by atoms with van der Waals surface area (Å²) in [5.74, 6) is 0.287. The minimum Gasteiger partial charge on any atom is -0.383 e. The third-order valence-corrected chi connectivity index (χ3v) is 2.61. The van der Waals surface area contributed by atoms with Crippen molar-refractivity contribution in [3.63, 3.8) is 0 Å². The van der Waals surface area contributed by atoms with Crippen LogP contribution in [0.5, 0.6) is 0 Å². The number of aromatic amines is 1. The highest BCUT2D eigenvalue weighted by Crippen LogP contribution is 2.27. The Hall–Kier alpha value is -1.56. The Morgan fingerprint density at radius 3 is 3.00 bits per heavy atom. The molecule has 6 nitrogen and oxygen atoms in total. The Bertz CT molecular complexity index is 373. The molecule has 0 bridgehead atoms. The molecule has 0 aliphatic heterocycles. The number of anilines is 1. The van der Waals surface area contributed by atoms with E-state index in [1.165, 1.54) is 0 Å². The van der Waals surface area contributed by atoms with Crippen molar-refractivity contribution >= 4 is 11.7 Å². The van der Waals surface area contributed by atoms with Crippen molar-refractivity contribution in [3.8, 4) is 0 Å². The third-order valence-electron chi connectivity index (χ3n) is 2.61. The maximum Gasteiger partial charge on any atom is 0.272 e. The number of H-pyrrole nitrogens is 1. The second-order valence-corrected chi connectivity index (χ2v) is 3.93. The van der Waals surface area contributed by atoms with Gasteiger partial charge in [-0.2, -0.15) is 5.10 Å². The fraction of sp³-hybridized carbons (Fsp3) is 0.600. The number of methoxy groups -OCH3 is 1. The second kappa shape index (κ2) is 4.52. The van der Waals surface area contributed by atoms with Crippen LogP contribution >= 0.6 is 0 Å². The van der Waals surface area contributed by atoms with Crippen molar-refractivity contribution in [2.24, 2.45) is 0 Å². The van der Waals surface area contributed by atoms with Gasteiger partial charge in [-0.3, -0.25) is 9.89 Å². The molecule has 1 amide bonds. The number of rotatable bonds is 5. The highest BCUT2D eigenvalue weighted by Gasteiger charge is 2.33. The Kier molecular flexibility index (Phi) is 3.09. The summed E-state index contributed by atoms with van der Waals surface area (Å²) in [6.07, 6.45) is 2.14. The summed E-state index contributed by atoms with van der Waals surface area (Å²) in [4.78, 5) is 13.9. The summed E-state index contributed by atoms with van der Waals surface area (Å²) >= 11 is 0. The first kappa shape index (κ1) is 10.9. The van der Waals surface area contributed by atoms with Crippen molar-refractivity contribution in [1.82, 2.24) is 15.1 Å². The van der Waals surface area contributed by atoms with Crippen LogP contribution in [0.15, 0.2) is 6.07 Å². The molecule has 0 saturated heterocycles. The summed E-state index contributed by atoms with van der Waals surface area (Å²) < 4.78 is 5.00. The Balaban J connectivity index is 2.04. The van der Waals surface area contributed by atoms with Gasteiger partial charge in [0.2, 0.25) is 0 Å². The van der Waals surface area contributed by atoms with Crippen LogP contribution in [0.2, 0.25) is 0 Å². The maximum absolute atomic E-state index is 12.1. The van der Waals surface area contributed by atoms with E-state index in [1.54, 1.807) is 13.2 Å². The van der Waals surface area contributed by atoms with Gasteiger partial charge < -0.3 is 15.4 Å². The number of hydrogen-bond acceptors (Lipinski definition) is 4. The van der Waals surface area contributed by atoms with Gasteiger partial charge in [-0.15, -0.1) is 0 Å². The number of carbonyl (C=O) groups is 1. The monoisotopic (exact) mass is 224 g/mol. The minimum atomic E-state index is -0.0521. The molecule has 1 aliphatic rings. The zero-order valence-corrected chi connectivity index (χ0v) is 9.27. The van der Waals surface area contributed by atoms with Crippen LogP contribution in [0.1, 0.15) is 23.3 Å². The lowest BCUT2D eigenvalue weighted by molar-refractivity contribution is 0.0674. The van der Waals surface area contributed by atoms with E-state index in [1.807, 2.05) is 4.90 Å². The van der Waals surface area contributed by atoms with Crippen LogP contribution in [-0.2, 0) is 4.74 Å². The van der Waals surface area contributed by atoms with Gasteiger partial charge in [-0.05, 0) is 12.8 Å². The first-order valence-corrected chi connectivity index (χ1v) is 5.33. The summed E-state index contributed by atoms with van der Waals surface area (Å²) in [6.45, 7) is 1.16. The number of nitrogens with two attached hydrogens (primary N) is 1. The topological polar surface area (TPSA) is 84.2 Å². The molecule has 2 rings (SSSR count). The predicted octanol–water partition coefficient (Wildman–Crippen LogP) is 0.243. The number of amides is 1. The van der Waals surface area contributed by atoms with Gasteiger partial charge in [-0.25, -0.2) is 0 Å². The Morgan fingerprint density at radius 1 is 1.75 bits per heavy atom. The van der Waals surface area contributed by atoms with Gasteiger partial charge in [0.1, 0.15) is 11.5 Å². The molecule has 1 aliphatic carbocycles. The molecule has 0 unspecified atom stereocenters. The van der Waals surface area contributed by atoms with E-state index in [2.05, 4.69) is 10.2 Å². The van der Waals surface area contributed by atoms with Crippen molar-refractivity contribution in [2.75, 3.05) is 26.0 Å². The summed E-state index contributed by atoms with van der Waals surface area (Å²) in [5.41, 5.74) is 5.92. The summed E-state index contributed by atoms with van der Waals surface area (Å²) in [6, 6.07) is 1.91. The van der Waals surface area contributed by atoms with Crippen molar-refractivity contribution in [2.45, 2.75) is 18.9 Å². The lowest BCUT2D eigenvalue weighted by atomic mass is 10.3. The molecular formula is C10H16N4O2. The van der Waals surface area contributed by atoms with Gasteiger partial charge in [-0.1, -0.05) is 0 Å². The zero-order chi connectivity index (χ0) is 11.5. The molecule has 3 N–H and O–H groups in total. The highest BCUT2D eigenvalue weighted by molar-refractivity contribution is 5.93. The van der Waals surface area contributed by atoms with Crippen LogP contribution in [0.3, 0.4) is 0 Å². The standard InChI is InChI=1S/C10H16N4O2/c1-16-5-4-14(7-2-3-7)10(15)8-6-9(11)13-12-8/h6-7H,2-5H2,1H3,(H3,11,12,13). The van der Waals surface area contributed by atoms with E-state index in [4.69, 9.17) is 10.5 Å². The van der Waals surface area contributed by atoms with Gasteiger partial charge in [0, 0.05) is 25.8 Å². The normalized spacial score (nSPS) is 15.1. The number of nitrogens with one attached hydrogen (secondary N) is 1. The molecule has 0 atom stereocenters. The number of hydrogen-bond donors (Lipinski definition) is 2. The van der Waals surface area contributed by atoms with E-state index in [-0.39, 0.29) is 5.91 Å². The van der Waals surface area contributed by atoms with Crippen LogP contribution in [-0.4, -0.2) is 47.3 Å². The molecule has 16 heavy (non-hydrogen) atoms. The van der Waals surface area contributed by atoms with E-state index in [0.717, 1.165) is 12.8 Å². The number of nitrogen functional groups attached to an aromatic ring is 1. The smallest absolute Gasteiger partial charge is 0.272 e. The van der Waals surface area contributed by atoms with E-state index in [0.29, 0.717) is 30.7 Å². The zero-order valence-electron chi connectivity index (χ0n) is 9.27. The minimum absolute atomic E-state index is 0.0521.